The van der Waals surface area contributed by atoms with Gasteiger partial charge in [-0.2, -0.15) is 0 Å². The van der Waals surface area contributed by atoms with E-state index in [1.54, 1.807) is 45.2 Å². The summed E-state index contributed by atoms with van der Waals surface area (Å²) in [6.07, 6.45) is -0.741. The van der Waals surface area contributed by atoms with Crippen molar-refractivity contribution in [2.24, 2.45) is 11.7 Å². The van der Waals surface area contributed by atoms with Gasteiger partial charge in [-0.25, -0.2) is 0 Å². The molecule has 5 nitrogen and oxygen atoms in total. The highest BCUT2D eigenvalue weighted by Crippen LogP contribution is 2.17. The van der Waals surface area contributed by atoms with Crippen LogP contribution in [0.3, 0.4) is 0 Å². The van der Waals surface area contributed by atoms with Crippen LogP contribution in [-0.4, -0.2) is 30.7 Å². The Morgan fingerprint density at radius 1 is 1.35 bits per heavy atom. The molecular formula is C14H23ClN2O3. The Labute approximate surface area is 125 Å². The van der Waals surface area contributed by atoms with Gasteiger partial charge in [0.1, 0.15) is 5.75 Å². The van der Waals surface area contributed by atoms with E-state index in [0.717, 1.165) is 11.3 Å². The number of nitrogens with one attached hydrogen (secondary N) is 1. The average molecular weight is 303 g/mol. The van der Waals surface area contributed by atoms with E-state index in [1.165, 1.54) is 0 Å². The standard InChI is InChI=1S/C14H22N2O3.ClH/c1-9(10(2)15)14(18)16-8-13(17)11-4-6-12(19-3)7-5-11;/h4-7,9-10,13,17H,8,15H2,1-3H3,(H,16,18);1H. The lowest BCUT2D eigenvalue weighted by Gasteiger charge is -2.17. The summed E-state index contributed by atoms with van der Waals surface area (Å²) in [5.41, 5.74) is 6.38. The van der Waals surface area contributed by atoms with Gasteiger partial charge in [-0.3, -0.25) is 4.79 Å². The maximum Gasteiger partial charge on any atom is 0.224 e. The van der Waals surface area contributed by atoms with Crippen LogP contribution in [-0.2, 0) is 4.79 Å². The van der Waals surface area contributed by atoms with Crippen molar-refractivity contribution in [3.8, 4) is 5.75 Å². The van der Waals surface area contributed by atoms with E-state index in [1.807, 2.05) is 0 Å². The van der Waals surface area contributed by atoms with Crippen LogP contribution in [0.4, 0.5) is 0 Å². The number of nitrogens with two attached hydrogens (primary N) is 1. The van der Waals surface area contributed by atoms with E-state index in [2.05, 4.69) is 5.32 Å². The van der Waals surface area contributed by atoms with Gasteiger partial charge in [0.15, 0.2) is 0 Å². The molecule has 0 saturated heterocycles. The minimum Gasteiger partial charge on any atom is -0.497 e. The van der Waals surface area contributed by atoms with Crippen molar-refractivity contribution in [1.29, 1.82) is 0 Å². The van der Waals surface area contributed by atoms with Crippen molar-refractivity contribution >= 4 is 18.3 Å². The molecule has 20 heavy (non-hydrogen) atoms. The first kappa shape index (κ1) is 18.7. The highest BCUT2D eigenvalue weighted by molar-refractivity contribution is 5.85. The van der Waals surface area contributed by atoms with Gasteiger partial charge in [0.2, 0.25) is 5.91 Å². The predicted molar refractivity (Wildman–Crippen MR) is 81.0 cm³/mol. The van der Waals surface area contributed by atoms with Crippen LogP contribution in [0.25, 0.3) is 0 Å². The summed E-state index contributed by atoms with van der Waals surface area (Å²) in [5.74, 6) is 0.302. The van der Waals surface area contributed by atoms with Gasteiger partial charge in [-0.1, -0.05) is 19.1 Å². The van der Waals surface area contributed by atoms with Crippen LogP contribution in [0.5, 0.6) is 5.75 Å². The predicted octanol–water partition coefficient (Wildman–Crippen LogP) is 1.25. The number of amides is 1. The maximum absolute atomic E-state index is 11.7. The SMILES string of the molecule is COc1ccc(C(O)CNC(=O)C(C)C(C)N)cc1.Cl. The Bertz CT molecular complexity index is 409. The number of carbonyl (C=O) groups excluding carboxylic acids is 1. The fraction of sp³-hybridized carbons (Fsp3) is 0.500. The average Bonchev–Trinajstić information content (AvgIpc) is 2.43. The Morgan fingerprint density at radius 2 is 1.90 bits per heavy atom. The summed E-state index contributed by atoms with van der Waals surface area (Å²) in [6, 6.07) is 6.86. The van der Waals surface area contributed by atoms with E-state index < -0.39 is 6.10 Å². The third-order valence-corrected chi connectivity index (χ3v) is 3.17. The summed E-state index contributed by atoms with van der Waals surface area (Å²) < 4.78 is 5.04. The summed E-state index contributed by atoms with van der Waals surface area (Å²) >= 11 is 0. The lowest BCUT2D eigenvalue weighted by molar-refractivity contribution is -0.125. The molecule has 0 spiro atoms. The molecule has 3 atom stereocenters. The van der Waals surface area contributed by atoms with Crippen molar-refractivity contribution in [2.45, 2.75) is 26.0 Å². The van der Waals surface area contributed by atoms with Crippen LogP contribution in [0.1, 0.15) is 25.5 Å². The van der Waals surface area contributed by atoms with Gasteiger partial charge in [0.05, 0.1) is 13.2 Å². The zero-order valence-electron chi connectivity index (χ0n) is 12.0. The molecule has 0 aliphatic carbocycles. The van der Waals surface area contributed by atoms with Gasteiger partial charge < -0.3 is 20.9 Å². The highest BCUT2D eigenvalue weighted by Gasteiger charge is 2.18. The van der Waals surface area contributed by atoms with Crippen molar-refractivity contribution in [2.75, 3.05) is 13.7 Å². The topological polar surface area (TPSA) is 84.6 Å². The molecular weight excluding hydrogens is 280 g/mol. The second-order valence-corrected chi connectivity index (χ2v) is 4.68. The second-order valence-electron chi connectivity index (χ2n) is 4.68. The van der Waals surface area contributed by atoms with E-state index in [9.17, 15) is 9.90 Å². The van der Waals surface area contributed by atoms with E-state index >= 15 is 0 Å². The van der Waals surface area contributed by atoms with Crippen LogP contribution in [0, 0.1) is 5.92 Å². The molecule has 4 N–H and O–H groups in total. The molecule has 0 heterocycles. The first-order valence-corrected chi connectivity index (χ1v) is 6.31. The van der Waals surface area contributed by atoms with Crippen LogP contribution in [0.2, 0.25) is 0 Å². The molecule has 0 saturated carbocycles. The summed E-state index contributed by atoms with van der Waals surface area (Å²) in [7, 11) is 1.58. The molecule has 1 aromatic carbocycles. The quantitative estimate of drug-likeness (QED) is 0.738. The zero-order chi connectivity index (χ0) is 14.4. The molecule has 114 valence electrons. The fourth-order valence-electron chi connectivity index (χ4n) is 1.54. The number of hydrogen-bond donors (Lipinski definition) is 3. The molecule has 1 rings (SSSR count). The van der Waals surface area contributed by atoms with Crippen LogP contribution >= 0.6 is 12.4 Å². The van der Waals surface area contributed by atoms with Gasteiger partial charge in [0.25, 0.3) is 0 Å². The fourth-order valence-corrected chi connectivity index (χ4v) is 1.54. The minimum absolute atomic E-state index is 0. The van der Waals surface area contributed by atoms with Crippen molar-refractivity contribution in [3.05, 3.63) is 29.8 Å². The summed E-state index contributed by atoms with van der Waals surface area (Å²) in [6.45, 7) is 3.71. The van der Waals surface area contributed by atoms with Gasteiger partial charge >= 0.3 is 0 Å². The number of halogens is 1. The molecule has 0 fully saturated rings. The van der Waals surface area contributed by atoms with Gasteiger partial charge in [-0.05, 0) is 24.6 Å². The van der Waals surface area contributed by atoms with E-state index in [-0.39, 0.29) is 36.8 Å². The first-order chi connectivity index (χ1) is 8.95. The number of aliphatic hydroxyl groups excluding tert-OH is 1. The number of benzene rings is 1. The maximum atomic E-state index is 11.7. The zero-order valence-corrected chi connectivity index (χ0v) is 12.8. The Kier molecular flexibility index (Phi) is 8.22. The first-order valence-electron chi connectivity index (χ1n) is 6.31. The Hall–Kier alpha value is -1.30. The lowest BCUT2D eigenvalue weighted by atomic mass is 10.0. The normalized spacial score (nSPS) is 14.7. The van der Waals surface area contributed by atoms with Crippen molar-refractivity contribution < 1.29 is 14.6 Å². The molecule has 0 bridgehead atoms. The van der Waals surface area contributed by atoms with Crippen LogP contribution in [0.15, 0.2) is 24.3 Å². The number of hydrogen-bond acceptors (Lipinski definition) is 4. The molecule has 0 aliphatic rings. The second kappa shape index (κ2) is 8.79. The highest BCUT2D eigenvalue weighted by atomic mass is 35.5. The van der Waals surface area contributed by atoms with E-state index in [0.29, 0.717) is 0 Å². The number of rotatable bonds is 6. The van der Waals surface area contributed by atoms with Gasteiger partial charge in [-0.15, -0.1) is 12.4 Å². The Balaban J connectivity index is 0.00000361. The number of aliphatic hydroxyl groups is 1. The number of methoxy groups -OCH3 is 1. The summed E-state index contributed by atoms with van der Waals surface area (Å²) in [4.78, 5) is 11.7. The molecule has 0 aliphatic heterocycles. The summed E-state index contributed by atoms with van der Waals surface area (Å²) in [5, 5.41) is 12.7. The number of carbonyl (C=O) groups is 1. The van der Waals surface area contributed by atoms with Crippen molar-refractivity contribution in [1.82, 2.24) is 5.32 Å². The van der Waals surface area contributed by atoms with Crippen LogP contribution < -0.4 is 15.8 Å². The third kappa shape index (κ3) is 5.36. The molecule has 0 aromatic heterocycles. The van der Waals surface area contributed by atoms with Crippen molar-refractivity contribution in [3.63, 3.8) is 0 Å². The smallest absolute Gasteiger partial charge is 0.224 e. The number of ether oxygens (including phenoxy) is 1. The minimum atomic E-state index is -0.741. The monoisotopic (exact) mass is 302 g/mol. The molecule has 1 aromatic rings. The molecule has 3 unspecified atom stereocenters. The Morgan fingerprint density at radius 3 is 2.35 bits per heavy atom. The molecule has 1 amide bonds. The van der Waals surface area contributed by atoms with E-state index in [4.69, 9.17) is 10.5 Å². The lowest BCUT2D eigenvalue weighted by Crippen LogP contribution is -2.40. The van der Waals surface area contributed by atoms with Gasteiger partial charge in [0, 0.05) is 18.5 Å². The largest absolute Gasteiger partial charge is 0.497 e. The third-order valence-electron chi connectivity index (χ3n) is 3.17. The molecule has 0 radical (unpaired) electrons. The molecule has 6 heteroatoms.